The molecule has 0 aromatic heterocycles. The summed E-state index contributed by atoms with van der Waals surface area (Å²) in [6.07, 6.45) is 3.61. The number of rotatable bonds is 3. The number of hydrogen-bond donors (Lipinski definition) is 2. The Bertz CT molecular complexity index is 477. The van der Waals surface area contributed by atoms with Crippen LogP contribution in [-0.2, 0) is 6.54 Å². The molecule has 20 heavy (non-hydrogen) atoms. The molecule has 1 saturated carbocycles. The molecule has 3 rings (SSSR count). The lowest BCUT2D eigenvalue weighted by Gasteiger charge is -2.38. The predicted octanol–water partition coefficient (Wildman–Crippen LogP) is 2.70. The monoisotopic (exact) mass is 274 g/mol. The number of amides is 1. The Balaban J connectivity index is 1.72. The van der Waals surface area contributed by atoms with Gasteiger partial charge in [0.05, 0.1) is 5.54 Å². The highest BCUT2D eigenvalue weighted by molar-refractivity contribution is 5.66. The highest BCUT2D eigenvalue weighted by Crippen LogP contribution is 2.40. The van der Waals surface area contributed by atoms with Gasteiger partial charge in [-0.25, -0.2) is 4.79 Å². The van der Waals surface area contributed by atoms with E-state index in [0.29, 0.717) is 5.92 Å². The highest BCUT2D eigenvalue weighted by Gasteiger charge is 2.48. The zero-order valence-corrected chi connectivity index (χ0v) is 11.7. The van der Waals surface area contributed by atoms with E-state index in [1.54, 1.807) is 0 Å². The minimum Gasteiger partial charge on any atom is -0.465 e. The van der Waals surface area contributed by atoms with Gasteiger partial charge in [-0.15, -0.1) is 0 Å². The molecular weight excluding hydrogens is 252 g/mol. The molecule has 1 aliphatic heterocycles. The molecule has 0 radical (unpaired) electrons. The van der Waals surface area contributed by atoms with Gasteiger partial charge in [0, 0.05) is 19.6 Å². The molecule has 0 bridgehead atoms. The van der Waals surface area contributed by atoms with Crippen LogP contribution in [0.1, 0.15) is 31.2 Å². The Labute approximate surface area is 119 Å². The lowest BCUT2D eigenvalue weighted by atomic mass is 9.75. The van der Waals surface area contributed by atoms with Crippen LogP contribution < -0.4 is 5.32 Å². The first-order chi connectivity index (χ1) is 9.68. The zero-order chi connectivity index (χ0) is 14.0. The zero-order valence-electron chi connectivity index (χ0n) is 11.7. The average molecular weight is 274 g/mol. The van der Waals surface area contributed by atoms with Crippen LogP contribution in [0.2, 0.25) is 0 Å². The first-order valence-corrected chi connectivity index (χ1v) is 7.45. The molecule has 1 heterocycles. The fourth-order valence-corrected chi connectivity index (χ4v) is 3.94. The lowest BCUT2D eigenvalue weighted by molar-refractivity contribution is 0.148. The van der Waals surface area contributed by atoms with Crippen LogP contribution in [0.25, 0.3) is 0 Å². The van der Waals surface area contributed by atoms with Crippen molar-refractivity contribution in [3.8, 4) is 0 Å². The van der Waals surface area contributed by atoms with Gasteiger partial charge in [-0.3, -0.25) is 4.90 Å². The summed E-state index contributed by atoms with van der Waals surface area (Å²) in [5, 5.41) is 12.0. The van der Waals surface area contributed by atoms with E-state index in [-0.39, 0.29) is 5.54 Å². The Morgan fingerprint density at radius 3 is 2.90 bits per heavy atom. The molecule has 2 N–H and O–H groups in total. The van der Waals surface area contributed by atoms with Crippen molar-refractivity contribution < 1.29 is 9.90 Å². The van der Waals surface area contributed by atoms with Crippen LogP contribution >= 0.6 is 0 Å². The van der Waals surface area contributed by atoms with Crippen LogP contribution in [0, 0.1) is 5.92 Å². The van der Waals surface area contributed by atoms with Crippen molar-refractivity contribution in [3.05, 3.63) is 35.9 Å². The first kappa shape index (κ1) is 13.4. The number of hydrogen-bond acceptors (Lipinski definition) is 2. The van der Waals surface area contributed by atoms with Crippen LogP contribution in [0.15, 0.2) is 30.3 Å². The fraction of sp³-hybridized carbons (Fsp3) is 0.562. The maximum absolute atomic E-state index is 11.1. The number of nitrogens with one attached hydrogen (secondary N) is 1. The third kappa shape index (κ3) is 2.66. The first-order valence-electron chi connectivity index (χ1n) is 7.45. The fourth-order valence-electron chi connectivity index (χ4n) is 3.94. The molecule has 2 atom stereocenters. The molecule has 2 unspecified atom stereocenters. The van der Waals surface area contributed by atoms with E-state index in [0.717, 1.165) is 38.9 Å². The van der Waals surface area contributed by atoms with Crippen molar-refractivity contribution >= 4 is 6.09 Å². The van der Waals surface area contributed by atoms with Crippen molar-refractivity contribution in [1.29, 1.82) is 0 Å². The van der Waals surface area contributed by atoms with E-state index < -0.39 is 6.09 Å². The Morgan fingerprint density at radius 2 is 2.15 bits per heavy atom. The smallest absolute Gasteiger partial charge is 0.405 e. The molecule has 108 valence electrons. The van der Waals surface area contributed by atoms with E-state index in [9.17, 15) is 4.79 Å². The minimum atomic E-state index is -0.876. The summed E-state index contributed by atoms with van der Waals surface area (Å²) < 4.78 is 0. The van der Waals surface area contributed by atoms with Crippen molar-refractivity contribution in [2.75, 3.05) is 13.1 Å². The van der Waals surface area contributed by atoms with Gasteiger partial charge in [-0.05, 0) is 24.3 Å². The van der Waals surface area contributed by atoms with Gasteiger partial charge >= 0.3 is 6.09 Å². The van der Waals surface area contributed by atoms with Crippen LogP contribution in [0.5, 0.6) is 0 Å². The van der Waals surface area contributed by atoms with Gasteiger partial charge in [0.25, 0.3) is 0 Å². The van der Waals surface area contributed by atoms with Crippen LogP contribution in [0.4, 0.5) is 4.79 Å². The summed E-state index contributed by atoms with van der Waals surface area (Å²) in [7, 11) is 0. The normalized spacial score (nSPS) is 29.9. The number of carboxylic acid groups (broad SMARTS) is 1. The third-order valence-corrected chi connectivity index (χ3v) is 4.80. The number of likely N-dealkylation sites (tertiary alicyclic amines) is 1. The molecular formula is C16H22N2O2. The van der Waals surface area contributed by atoms with E-state index in [2.05, 4.69) is 34.5 Å². The standard InChI is InChI=1S/C16H22N2O2/c19-15(20)17-16-9-5-4-8-14(16)11-18(12-16)10-13-6-2-1-3-7-13/h1-3,6-7,14,17H,4-5,8-12H2,(H,19,20). The SMILES string of the molecule is O=C(O)NC12CCCCC1CN(Cc1ccccc1)C2. The van der Waals surface area contributed by atoms with Crippen LogP contribution in [0.3, 0.4) is 0 Å². The number of nitrogens with zero attached hydrogens (tertiary/aromatic N) is 1. The second-order valence-electron chi connectivity index (χ2n) is 6.18. The van der Waals surface area contributed by atoms with Gasteiger partial charge < -0.3 is 10.4 Å². The van der Waals surface area contributed by atoms with E-state index in [1.807, 2.05) is 6.07 Å². The number of fused-ring (bicyclic) bond motifs is 1. The van der Waals surface area contributed by atoms with Gasteiger partial charge in [0.1, 0.15) is 0 Å². The van der Waals surface area contributed by atoms with E-state index >= 15 is 0 Å². The Morgan fingerprint density at radius 1 is 1.35 bits per heavy atom. The second kappa shape index (κ2) is 5.44. The summed E-state index contributed by atoms with van der Waals surface area (Å²) in [5.41, 5.74) is 1.09. The number of carbonyl (C=O) groups is 1. The molecule has 1 amide bonds. The van der Waals surface area contributed by atoms with Gasteiger partial charge in [-0.1, -0.05) is 43.2 Å². The average Bonchev–Trinajstić information content (AvgIpc) is 2.76. The quantitative estimate of drug-likeness (QED) is 0.891. The lowest BCUT2D eigenvalue weighted by Crippen LogP contribution is -2.55. The molecule has 1 aromatic carbocycles. The third-order valence-electron chi connectivity index (χ3n) is 4.80. The van der Waals surface area contributed by atoms with Crippen molar-refractivity contribution in [2.24, 2.45) is 5.92 Å². The maximum Gasteiger partial charge on any atom is 0.405 e. The van der Waals surface area contributed by atoms with Gasteiger partial charge in [0.15, 0.2) is 0 Å². The molecule has 1 saturated heterocycles. The van der Waals surface area contributed by atoms with E-state index in [1.165, 1.54) is 12.0 Å². The summed E-state index contributed by atoms with van der Waals surface area (Å²) in [6.45, 7) is 2.77. The maximum atomic E-state index is 11.1. The summed E-state index contributed by atoms with van der Waals surface area (Å²) in [6, 6.07) is 10.4. The minimum absolute atomic E-state index is 0.209. The Hall–Kier alpha value is -1.55. The van der Waals surface area contributed by atoms with Crippen molar-refractivity contribution in [2.45, 2.75) is 37.8 Å². The van der Waals surface area contributed by atoms with Crippen molar-refractivity contribution in [1.82, 2.24) is 10.2 Å². The van der Waals surface area contributed by atoms with Crippen LogP contribution in [-0.4, -0.2) is 34.7 Å². The summed E-state index contributed by atoms with van der Waals surface area (Å²) >= 11 is 0. The molecule has 0 spiro atoms. The topological polar surface area (TPSA) is 52.6 Å². The molecule has 1 aromatic rings. The van der Waals surface area contributed by atoms with E-state index in [4.69, 9.17) is 5.11 Å². The highest BCUT2D eigenvalue weighted by atomic mass is 16.4. The molecule has 2 fully saturated rings. The molecule has 1 aliphatic carbocycles. The number of benzene rings is 1. The van der Waals surface area contributed by atoms with Gasteiger partial charge in [-0.2, -0.15) is 0 Å². The Kier molecular flexibility index (Phi) is 3.66. The molecule has 2 aliphatic rings. The second-order valence-corrected chi connectivity index (χ2v) is 6.18. The largest absolute Gasteiger partial charge is 0.465 e. The molecule has 4 nitrogen and oxygen atoms in total. The van der Waals surface area contributed by atoms with Crippen molar-refractivity contribution in [3.63, 3.8) is 0 Å². The predicted molar refractivity (Wildman–Crippen MR) is 77.6 cm³/mol. The molecule has 4 heteroatoms. The summed E-state index contributed by atoms with van der Waals surface area (Å²) in [5.74, 6) is 0.469. The van der Waals surface area contributed by atoms with Gasteiger partial charge in [0.2, 0.25) is 0 Å². The summed E-state index contributed by atoms with van der Waals surface area (Å²) in [4.78, 5) is 13.5.